The Morgan fingerprint density at radius 1 is 1.09 bits per heavy atom. The third-order valence-corrected chi connectivity index (χ3v) is 7.29. The molecular weight excluding hydrogens is 404 g/mol. The smallest absolute Gasteiger partial charge is 0.329 e. The maximum absolute atomic E-state index is 12.8. The molecule has 0 radical (unpaired) electrons. The van der Waals surface area contributed by atoms with Crippen LogP contribution in [-0.4, -0.2) is 54.5 Å². The molecule has 3 unspecified atom stereocenters. The second-order valence-electron chi connectivity index (χ2n) is 9.77. The summed E-state index contributed by atoms with van der Waals surface area (Å²) in [5, 5.41) is 5.83. The number of hydrogen-bond acceptors (Lipinski definition) is 4. The number of nitrogens with zero attached hydrogens (tertiary/aromatic N) is 2. The third-order valence-electron chi connectivity index (χ3n) is 7.29. The van der Waals surface area contributed by atoms with E-state index < -0.39 is 12.1 Å². The molecule has 3 fully saturated rings. The van der Waals surface area contributed by atoms with Crippen LogP contribution in [0.3, 0.4) is 0 Å². The van der Waals surface area contributed by atoms with Gasteiger partial charge in [0.15, 0.2) is 0 Å². The summed E-state index contributed by atoms with van der Waals surface area (Å²) in [6, 6.07) is 7.03. The summed E-state index contributed by atoms with van der Waals surface area (Å²) >= 11 is 0. The molecule has 32 heavy (non-hydrogen) atoms. The van der Waals surface area contributed by atoms with Crippen molar-refractivity contribution in [3.8, 4) is 0 Å². The van der Waals surface area contributed by atoms with E-state index in [0.29, 0.717) is 36.5 Å². The molecule has 3 saturated heterocycles. The van der Waals surface area contributed by atoms with Gasteiger partial charge in [0.05, 0.1) is 5.69 Å². The summed E-state index contributed by atoms with van der Waals surface area (Å²) in [4.78, 5) is 41.5. The van der Waals surface area contributed by atoms with Gasteiger partial charge < -0.3 is 15.5 Å². The molecule has 3 atom stereocenters. The van der Waals surface area contributed by atoms with E-state index in [2.05, 4.69) is 29.4 Å². The number of nitrogens with one attached hydrogen (secondary N) is 2. The molecule has 2 N–H and O–H groups in total. The number of urea groups is 1. The standard InChI is InChI=1S/C25H36N4O3/c1-17(2)18-8-10-20(11-9-18)29-24(31)21(27-25(29)32)12-13-23(30)26-16-19-6-5-15-28-14-4-3-7-22(19)28/h8-11,17,19,21-22H,3-7,12-16H2,1-2H3,(H,26,30)(H,27,32). The molecule has 174 valence electrons. The maximum atomic E-state index is 12.8. The van der Waals surface area contributed by atoms with E-state index in [1.807, 2.05) is 12.1 Å². The zero-order valence-electron chi connectivity index (χ0n) is 19.3. The quantitative estimate of drug-likeness (QED) is 0.637. The highest BCUT2D eigenvalue weighted by Crippen LogP contribution is 2.30. The van der Waals surface area contributed by atoms with Crippen molar-refractivity contribution in [3.05, 3.63) is 29.8 Å². The molecule has 7 heteroatoms. The lowest BCUT2D eigenvalue weighted by atomic mass is 9.83. The molecule has 7 nitrogen and oxygen atoms in total. The first-order valence-corrected chi connectivity index (χ1v) is 12.2. The van der Waals surface area contributed by atoms with Crippen molar-refractivity contribution in [2.75, 3.05) is 24.5 Å². The summed E-state index contributed by atoms with van der Waals surface area (Å²) in [5.41, 5.74) is 1.72. The largest absolute Gasteiger partial charge is 0.356 e. The van der Waals surface area contributed by atoms with Gasteiger partial charge in [0.25, 0.3) is 5.91 Å². The number of piperidine rings is 2. The first-order valence-electron chi connectivity index (χ1n) is 12.2. The molecule has 0 aliphatic carbocycles. The van der Waals surface area contributed by atoms with Gasteiger partial charge in [0.1, 0.15) is 6.04 Å². The summed E-state index contributed by atoms with van der Waals surface area (Å²) in [7, 11) is 0. The van der Waals surface area contributed by atoms with Gasteiger partial charge in [-0.3, -0.25) is 9.59 Å². The van der Waals surface area contributed by atoms with Crippen LogP contribution in [0.2, 0.25) is 0 Å². The molecule has 3 aliphatic rings. The van der Waals surface area contributed by atoms with Gasteiger partial charge in [-0.15, -0.1) is 0 Å². The predicted octanol–water partition coefficient (Wildman–Crippen LogP) is 3.40. The number of rotatable bonds is 7. The zero-order valence-corrected chi connectivity index (χ0v) is 19.3. The van der Waals surface area contributed by atoms with E-state index in [1.165, 1.54) is 50.1 Å². The van der Waals surface area contributed by atoms with Crippen molar-refractivity contribution in [3.63, 3.8) is 0 Å². The second-order valence-corrected chi connectivity index (χ2v) is 9.77. The van der Waals surface area contributed by atoms with E-state index in [0.717, 1.165) is 5.56 Å². The number of imide groups is 1. The molecule has 0 spiro atoms. The number of anilines is 1. The zero-order chi connectivity index (χ0) is 22.7. The van der Waals surface area contributed by atoms with Crippen molar-refractivity contribution >= 4 is 23.5 Å². The molecule has 3 aliphatic heterocycles. The summed E-state index contributed by atoms with van der Waals surface area (Å²) in [6.07, 6.45) is 6.73. The lowest BCUT2D eigenvalue weighted by Crippen LogP contribution is -2.51. The lowest BCUT2D eigenvalue weighted by molar-refractivity contribution is -0.122. The van der Waals surface area contributed by atoms with Gasteiger partial charge in [-0.05, 0) is 74.7 Å². The minimum atomic E-state index is -0.651. The molecule has 3 heterocycles. The first kappa shape index (κ1) is 22.8. The minimum absolute atomic E-state index is 0.0419. The number of hydrogen-bond donors (Lipinski definition) is 2. The molecular formula is C25H36N4O3. The van der Waals surface area contributed by atoms with Crippen LogP contribution in [0.1, 0.15) is 70.3 Å². The fourth-order valence-electron chi connectivity index (χ4n) is 5.40. The Kier molecular flexibility index (Phi) is 7.13. The molecule has 0 saturated carbocycles. The van der Waals surface area contributed by atoms with Crippen LogP contribution in [0, 0.1) is 5.92 Å². The van der Waals surface area contributed by atoms with Gasteiger partial charge in [-0.2, -0.15) is 0 Å². The SMILES string of the molecule is CC(C)c1ccc(N2C(=O)NC(CCC(=O)NCC3CCCN4CCCCC34)C2=O)cc1. The van der Waals surface area contributed by atoms with Gasteiger partial charge in [-0.25, -0.2) is 9.69 Å². The summed E-state index contributed by atoms with van der Waals surface area (Å²) < 4.78 is 0. The van der Waals surface area contributed by atoms with Crippen LogP contribution in [0.5, 0.6) is 0 Å². The highest BCUT2D eigenvalue weighted by atomic mass is 16.2. The second kappa shape index (κ2) is 10.0. The van der Waals surface area contributed by atoms with E-state index in [9.17, 15) is 14.4 Å². The Morgan fingerprint density at radius 3 is 2.59 bits per heavy atom. The average molecular weight is 441 g/mol. The molecule has 4 amide bonds. The molecule has 4 rings (SSSR count). The predicted molar refractivity (Wildman–Crippen MR) is 125 cm³/mol. The normalized spacial score (nSPS) is 26.2. The van der Waals surface area contributed by atoms with Crippen LogP contribution >= 0.6 is 0 Å². The van der Waals surface area contributed by atoms with Crippen molar-refractivity contribution < 1.29 is 14.4 Å². The summed E-state index contributed by atoms with van der Waals surface area (Å²) in [5.74, 6) is 0.572. The van der Waals surface area contributed by atoms with E-state index in [-0.39, 0.29) is 18.2 Å². The van der Waals surface area contributed by atoms with Crippen molar-refractivity contribution in [2.24, 2.45) is 5.92 Å². The van der Waals surface area contributed by atoms with Crippen LogP contribution in [-0.2, 0) is 9.59 Å². The molecule has 0 bridgehead atoms. The van der Waals surface area contributed by atoms with Gasteiger partial charge in [0, 0.05) is 19.0 Å². The number of carbonyl (C=O) groups is 3. The van der Waals surface area contributed by atoms with Crippen LogP contribution in [0.4, 0.5) is 10.5 Å². The number of benzene rings is 1. The van der Waals surface area contributed by atoms with Gasteiger partial charge >= 0.3 is 6.03 Å². The number of amides is 4. The Bertz CT molecular complexity index is 836. The van der Waals surface area contributed by atoms with Gasteiger partial charge in [-0.1, -0.05) is 32.4 Å². The van der Waals surface area contributed by atoms with Crippen molar-refractivity contribution in [2.45, 2.75) is 76.8 Å². The topological polar surface area (TPSA) is 81.8 Å². The van der Waals surface area contributed by atoms with E-state index >= 15 is 0 Å². The monoisotopic (exact) mass is 440 g/mol. The van der Waals surface area contributed by atoms with Crippen molar-refractivity contribution in [1.29, 1.82) is 0 Å². The van der Waals surface area contributed by atoms with Crippen LogP contribution in [0.25, 0.3) is 0 Å². The van der Waals surface area contributed by atoms with Crippen LogP contribution < -0.4 is 15.5 Å². The Balaban J connectivity index is 1.26. The lowest BCUT2D eigenvalue weighted by Gasteiger charge is -2.44. The fraction of sp³-hybridized carbons (Fsp3) is 0.640. The Labute approximate surface area is 190 Å². The van der Waals surface area contributed by atoms with E-state index in [4.69, 9.17) is 0 Å². The maximum Gasteiger partial charge on any atom is 0.329 e. The third kappa shape index (κ3) is 4.98. The minimum Gasteiger partial charge on any atom is -0.356 e. The number of fused-ring (bicyclic) bond motifs is 1. The average Bonchev–Trinajstić information content (AvgIpc) is 3.09. The summed E-state index contributed by atoms with van der Waals surface area (Å²) in [6.45, 7) is 7.29. The highest BCUT2D eigenvalue weighted by molar-refractivity contribution is 6.21. The first-order chi connectivity index (χ1) is 15.4. The Hall–Kier alpha value is -2.41. The van der Waals surface area contributed by atoms with E-state index in [1.54, 1.807) is 12.1 Å². The molecule has 1 aromatic rings. The Morgan fingerprint density at radius 2 is 1.84 bits per heavy atom. The van der Waals surface area contributed by atoms with Gasteiger partial charge in [0.2, 0.25) is 5.91 Å². The van der Waals surface area contributed by atoms with Crippen molar-refractivity contribution in [1.82, 2.24) is 15.5 Å². The molecule has 1 aromatic carbocycles. The molecule has 0 aromatic heterocycles. The fourth-order valence-corrected chi connectivity index (χ4v) is 5.40. The highest BCUT2D eigenvalue weighted by Gasteiger charge is 2.39. The number of carbonyl (C=O) groups excluding carboxylic acids is 3. The van der Waals surface area contributed by atoms with Crippen LogP contribution in [0.15, 0.2) is 24.3 Å².